The second-order valence-corrected chi connectivity index (χ2v) is 3.48. The van der Waals surface area contributed by atoms with E-state index in [1.54, 1.807) is 0 Å². The fourth-order valence-corrected chi connectivity index (χ4v) is 1.12. The lowest BCUT2D eigenvalue weighted by Gasteiger charge is -2.13. The van der Waals surface area contributed by atoms with Gasteiger partial charge in [-0.25, -0.2) is 0 Å². The second kappa shape index (κ2) is 11.0. The lowest BCUT2D eigenvalue weighted by molar-refractivity contribution is 0.118. The van der Waals surface area contributed by atoms with E-state index in [9.17, 15) is 0 Å². The Kier molecular flexibility index (Phi) is 10.9. The van der Waals surface area contributed by atoms with Crippen molar-refractivity contribution in [2.75, 3.05) is 33.0 Å². The fourth-order valence-electron chi connectivity index (χ4n) is 1.12. The molecule has 14 heavy (non-hydrogen) atoms. The maximum Gasteiger partial charge on any atom is 0.0616 e. The first-order valence-corrected chi connectivity index (χ1v) is 5.70. The molecular formula is C11H25NO2. The van der Waals surface area contributed by atoms with Gasteiger partial charge in [0.15, 0.2) is 0 Å². The van der Waals surface area contributed by atoms with E-state index in [1.807, 2.05) is 6.92 Å². The van der Waals surface area contributed by atoms with Crippen LogP contribution in [0.5, 0.6) is 0 Å². The molecule has 0 aliphatic heterocycles. The highest BCUT2D eigenvalue weighted by atomic mass is 16.5. The van der Waals surface area contributed by atoms with E-state index in [1.165, 1.54) is 0 Å². The van der Waals surface area contributed by atoms with Crippen LogP contribution in [0.1, 0.15) is 33.6 Å². The predicted octanol–water partition coefficient (Wildman–Crippen LogP) is 1.82. The summed E-state index contributed by atoms with van der Waals surface area (Å²) < 4.78 is 10.7. The van der Waals surface area contributed by atoms with Crippen molar-refractivity contribution in [2.24, 2.45) is 0 Å². The summed E-state index contributed by atoms with van der Waals surface area (Å²) in [5.41, 5.74) is 0. The van der Waals surface area contributed by atoms with Crippen LogP contribution in [-0.2, 0) is 9.47 Å². The maximum atomic E-state index is 5.37. The van der Waals surface area contributed by atoms with E-state index in [-0.39, 0.29) is 0 Å². The van der Waals surface area contributed by atoms with Crippen molar-refractivity contribution >= 4 is 0 Å². The molecular weight excluding hydrogens is 178 g/mol. The molecule has 86 valence electrons. The molecule has 1 N–H and O–H groups in total. The lowest BCUT2D eigenvalue weighted by Crippen LogP contribution is -2.31. The van der Waals surface area contributed by atoms with Crippen LogP contribution in [0.15, 0.2) is 0 Å². The Morgan fingerprint density at radius 3 is 2.57 bits per heavy atom. The zero-order chi connectivity index (χ0) is 10.6. The summed E-state index contributed by atoms with van der Waals surface area (Å²) in [6, 6.07) is 0.445. The van der Waals surface area contributed by atoms with Gasteiger partial charge in [-0.1, -0.05) is 6.92 Å². The topological polar surface area (TPSA) is 30.5 Å². The van der Waals surface area contributed by atoms with Gasteiger partial charge < -0.3 is 14.8 Å². The number of hydrogen-bond donors (Lipinski definition) is 1. The van der Waals surface area contributed by atoms with E-state index in [4.69, 9.17) is 9.47 Å². The minimum atomic E-state index is 0.445. The standard InChI is InChI=1S/C11H25NO2/c1-4-8-14-9-6-7-12-11(3)10-13-5-2/h11-12H,4-10H2,1-3H3. The summed E-state index contributed by atoms with van der Waals surface area (Å²) in [5.74, 6) is 0. The van der Waals surface area contributed by atoms with E-state index in [0.29, 0.717) is 6.04 Å². The van der Waals surface area contributed by atoms with Gasteiger partial charge in [0.25, 0.3) is 0 Å². The SMILES string of the molecule is CCCOCCCNC(C)COCC. The summed E-state index contributed by atoms with van der Waals surface area (Å²) in [6.07, 6.45) is 2.19. The van der Waals surface area contributed by atoms with Crippen LogP contribution < -0.4 is 5.32 Å². The van der Waals surface area contributed by atoms with Crippen LogP contribution in [-0.4, -0.2) is 39.0 Å². The lowest BCUT2D eigenvalue weighted by atomic mass is 10.3. The summed E-state index contributed by atoms with van der Waals surface area (Å²) in [6.45, 7) is 10.6. The third kappa shape index (κ3) is 9.96. The van der Waals surface area contributed by atoms with Gasteiger partial charge in [0, 0.05) is 25.9 Å². The molecule has 0 radical (unpaired) electrons. The molecule has 1 atom stereocenters. The fraction of sp³-hybridized carbons (Fsp3) is 1.00. The first-order valence-electron chi connectivity index (χ1n) is 5.70. The van der Waals surface area contributed by atoms with Gasteiger partial charge in [0.2, 0.25) is 0 Å². The molecule has 0 aromatic carbocycles. The van der Waals surface area contributed by atoms with Crippen molar-refractivity contribution in [1.82, 2.24) is 5.32 Å². The van der Waals surface area contributed by atoms with Gasteiger partial charge in [-0.3, -0.25) is 0 Å². The van der Waals surface area contributed by atoms with E-state index < -0.39 is 0 Å². The monoisotopic (exact) mass is 203 g/mol. The van der Waals surface area contributed by atoms with Crippen molar-refractivity contribution in [1.29, 1.82) is 0 Å². The highest BCUT2D eigenvalue weighted by molar-refractivity contribution is 4.58. The molecule has 0 bridgehead atoms. The average Bonchev–Trinajstić information content (AvgIpc) is 2.20. The number of rotatable bonds is 10. The van der Waals surface area contributed by atoms with Gasteiger partial charge in [-0.05, 0) is 33.2 Å². The predicted molar refractivity (Wildman–Crippen MR) is 59.7 cm³/mol. The van der Waals surface area contributed by atoms with Gasteiger partial charge in [0.05, 0.1) is 6.61 Å². The Labute approximate surface area is 88.2 Å². The van der Waals surface area contributed by atoms with Crippen LogP contribution in [0.2, 0.25) is 0 Å². The molecule has 1 unspecified atom stereocenters. The zero-order valence-corrected chi connectivity index (χ0v) is 9.84. The Morgan fingerprint density at radius 2 is 1.93 bits per heavy atom. The smallest absolute Gasteiger partial charge is 0.0616 e. The van der Waals surface area contributed by atoms with Gasteiger partial charge >= 0.3 is 0 Å². The van der Waals surface area contributed by atoms with Gasteiger partial charge in [-0.15, -0.1) is 0 Å². The van der Waals surface area contributed by atoms with Gasteiger partial charge in [0.1, 0.15) is 0 Å². The third-order valence-corrected chi connectivity index (χ3v) is 1.88. The molecule has 0 aliphatic carbocycles. The van der Waals surface area contributed by atoms with E-state index in [0.717, 1.165) is 45.8 Å². The van der Waals surface area contributed by atoms with Crippen molar-refractivity contribution in [3.05, 3.63) is 0 Å². The maximum absolute atomic E-state index is 5.37. The Hall–Kier alpha value is -0.120. The number of nitrogens with one attached hydrogen (secondary N) is 1. The van der Waals surface area contributed by atoms with Crippen LogP contribution >= 0.6 is 0 Å². The minimum absolute atomic E-state index is 0.445. The average molecular weight is 203 g/mol. The quantitative estimate of drug-likeness (QED) is 0.549. The molecule has 0 saturated heterocycles. The molecule has 0 heterocycles. The van der Waals surface area contributed by atoms with Crippen molar-refractivity contribution in [3.8, 4) is 0 Å². The molecule has 3 nitrogen and oxygen atoms in total. The van der Waals surface area contributed by atoms with E-state index >= 15 is 0 Å². The van der Waals surface area contributed by atoms with E-state index in [2.05, 4.69) is 19.2 Å². The summed E-state index contributed by atoms with van der Waals surface area (Å²) in [4.78, 5) is 0. The second-order valence-electron chi connectivity index (χ2n) is 3.48. The normalized spacial score (nSPS) is 13.1. The highest BCUT2D eigenvalue weighted by Gasteiger charge is 1.99. The first kappa shape index (κ1) is 13.9. The Morgan fingerprint density at radius 1 is 1.14 bits per heavy atom. The molecule has 0 aromatic rings. The highest BCUT2D eigenvalue weighted by Crippen LogP contribution is 1.87. The molecule has 0 aromatic heterocycles. The number of hydrogen-bond acceptors (Lipinski definition) is 3. The molecule has 0 amide bonds. The molecule has 0 saturated carbocycles. The van der Waals surface area contributed by atoms with Crippen molar-refractivity contribution in [3.63, 3.8) is 0 Å². The molecule has 0 rings (SSSR count). The number of ether oxygens (including phenoxy) is 2. The largest absolute Gasteiger partial charge is 0.381 e. The Balaban J connectivity index is 3.02. The third-order valence-electron chi connectivity index (χ3n) is 1.88. The van der Waals surface area contributed by atoms with Gasteiger partial charge in [-0.2, -0.15) is 0 Å². The Bertz CT molecular complexity index is 109. The molecule has 0 fully saturated rings. The molecule has 3 heteroatoms. The van der Waals surface area contributed by atoms with Crippen LogP contribution in [0.25, 0.3) is 0 Å². The zero-order valence-electron chi connectivity index (χ0n) is 9.84. The summed E-state index contributed by atoms with van der Waals surface area (Å²) in [7, 11) is 0. The molecule has 0 spiro atoms. The first-order chi connectivity index (χ1) is 6.81. The van der Waals surface area contributed by atoms with Crippen LogP contribution in [0.3, 0.4) is 0 Å². The van der Waals surface area contributed by atoms with Crippen LogP contribution in [0.4, 0.5) is 0 Å². The van der Waals surface area contributed by atoms with Crippen molar-refractivity contribution in [2.45, 2.75) is 39.7 Å². The summed E-state index contributed by atoms with van der Waals surface area (Å²) in [5, 5.41) is 3.39. The summed E-state index contributed by atoms with van der Waals surface area (Å²) >= 11 is 0. The molecule has 0 aliphatic rings. The van der Waals surface area contributed by atoms with Crippen molar-refractivity contribution < 1.29 is 9.47 Å². The minimum Gasteiger partial charge on any atom is -0.381 e. The van der Waals surface area contributed by atoms with Crippen LogP contribution in [0, 0.1) is 0 Å².